The molecule has 2 rings (SSSR count). The molecule has 21 heavy (non-hydrogen) atoms. The van der Waals surface area contributed by atoms with Crippen LogP contribution in [0.4, 0.5) is 0 Å². The second kappa shape index (κ2) is 7.05. The molecular formula is C17H26N2O2. The maximum atomic E-state index is 10.8. The monoisotopic (exact) mass is 290 g/mol. The van der Waals surface area contributed by atoms with Gasteiger partial charge < -0.3 is 15.3 Å². The maximum Gasteiger partial charge on any atom is 0.335 e. The Balaban J connectivity index is 1.88. The van der Waals surface area contributed by atoms with Crippen LogP contribution in [0.15, 0.2) is 24.3 Å². The lowest BCUT2D eigenvalue weighted by molar-refractivity contribution is 0.0697. The van der Waals surface area contributed by atoms with Crippen molar-refractivity contribution in [1.29, 1.82) is 0 Å². The summed E-state index contributed by atoms with van der Waals surface area (Å²) in [6.45, 7) is 1.77. The van der Waals surface area contributed by atoms with Gasteiger partial charge in [0.2, 0.25) is 0 Å². The molecule has 1 aromatic carbocycles. The molecule has 0 spiro atoms. The number of aromatic carboxylic acids is 1. The third-order valence-electron chi connectivity index (χ3n) is 4.72. The molecule has 0 amide bonds. The molecule has 1 aliphatic rings. The van der Waals surface area contributed by atoms with Gasteiger partial charge in [0.05, 0.1) is 5.56 Å². The summed E-state index contributed by atoms with van der Waals surface area (Å²) < 4.78 is 0. The van der Waals surface area contributed by atoms with Gasteiger partial charge in [0.25, 0.3) is 0 Å². The van der Waals surface area contributed by atoms with Crippen molar-refractivity contribution >= 4 is 5.97 Å². The second-order valence-corrected chi connectivity index (χ2v) is 6.29. The van der Waals surface area contributed by atoms with Gasteiger partial charge in [-0.15, -0.1) is 0 Å². The summed E-state index contributed by atoms with van der Waals surface area (Å²) in [5.41, 5.74) is 1.75. The number of hydrogen-bond acceptors (Lipinski definition) is 3. The van der Waals surface area contributed by atoms with Gasteiger partial charge in [-0.3, -0.25) is 0 Å². The molecule has 116 valence electrons. The molecule has 1 saturated carbocycles. The molecule has 1 aromatic rings. The Morgan fingerprint density at radius 1 is 1.19 bits per heavy atom. The number of rotatable bonds is 6. The van der Waals surface area contributed by atoms with Crippen LogP contribution in [0.5, 0.6) is 0 Å². The molecule has 4 heteroatoms. The largest absolute Gasteiger partial charge is 0.478 e. The van der Waals surface area contributed by atoms with Crippen molar-refractivity contribution in [3.8, 4) is 0 Å². The Hall–Kier alpha value is -1.39. The van der Waals surface area contributed by atoms with Gasteiger partial charge in [0, 0.05) is 18.6 Å². The summed E-state index contributed by atoms with van der Waals surface area (Å²) >= 11 is 0. The molecule has 4 nitrogen and oxygen atoms in total. The van der Waals surface area contributed by atoms with E-state index in [0.29, 0.717) is 5.56 Å². The minimum absolute atomic E-state index is 0.277. The zero-order valence-corrected chi connectivity index (χ0v) is 13.1. The van der Waals surface area contributed by atoms with Gasteiger partial charge in [-0.05, 0) is 44.6 Å². The van der Waals surface area contributed by atoms with Crippen LogP contribution in [0, 0.1) is 0 Å². The van der Waals surface area contributed by atoms with Crippen molar-refractivity contribution in [3.05, 3.63) is 35.4 Å². The Morgan fingerprint density at radius 2 is 1.81 bits per heavy atom. The van der Waals surface area contributed by atoms with Gasteiger partial charge >= 0.3 is 5.97 Å². The van der Waals surface area contributed by atoms with Crippen LogP contribution >= 0.6 is 0 Å². The highest BCUT2D eigenvalue weighted by atomic mass is 16.4. The molecule has 0 bridgehead atoms. The van der Waals surface area contributed by atoms with Gasteiger partial charge in [0.1, 0.15) is 0 Å². The number of benzene rings is 1. The predicted molar refractivity (Wildman–Crippen MR) is 84.6 cm³/mol. The highest BCUT2D eigenvalue weighted by Crippen LogP contribution is 2.31. The SMILES string of the molecule is CN(C)C1(CNCc2ccc(C(=O)O)cc2)CCCCC1. The highest BCUT2D eigenvalue weighted by Gasteiger charge is 2.33. The first-order chi connectivity index (χ1) is 10.0. The molecule has 1 fully saturated rings. The molecule has 0 heterocycles. The summed E-state index contributed by atoms with van der Waals surface area (Å²) in [7, 11) is 4.35. The van der Waals surface area contributed by atoms with Crippen molar-refractivity contribution in [2.24, 2.45) is 0 Å². The Bertz CT molecular complexity index is 462. The normalized spacial score (nSPS) is 17.9. The number of nitrogens with zero attached hydrogens (tertiary/aromatic N) is 1. The molecule has 2 N–H and O–H groups in total. The minimum atomic E-state index is -0.872. The number of carboxylic acid groups (broad SMARTS) is 1. The smallest absolute Gasteiger partial charge is 0.335 e. The Labute approximate surface area is 127 Å². The second-order valence-electron chi connectivity index (χ2n) is 6.29. The third-order valence-corrected chi connectivity index (χ3v) is 4.72. The van der Waals surface area contributed by atoms with E-state index in [9.17, 15) is 4.79 Å². The van der Waals surface area contributed by atoms with Crippen LogP contribution in [0.3, 0.4) is 0 Å². The van der Waals surface area contributed by atoms with Crippen molar-refractivity contribution in [1.82, 2.24) is 10.2 Å². The van der Waals surface area contributed by atoms with Crippen LogP contribution in [0.1, 0.15) is 48.0 Å². The molecular weight excluding hydrogens is 264 g/mol. The average molecular weight is 290 g/mol. The fourth-order valence-electron chi connectivity index (χ4n) is 3.20. The molecule has 0 aromatic heterocycles. The Morgan fingerprint density at radius 3 is 2.33 bits per heavy atom. The quantitative estimate of drug-likeness (QED) is 0.846. The van der Waals surface area contributed by atoms with Crippen molar-refractivity contribution in [2.45, 2.75) is 44.2 Å². The lowest BCUT2D eigenvalue weighted by atomic mass is 9.80. The molecule has 0 aliphatic heterocycles. The van der Waals surface area contributed by atoms with Crippen molar-refractivity contribution in [3.63, 3.8) is 0 Å². The topological polar surface area (TPSA) is 52.6 Å². The summed E-state index contributed by atoms with van der Waals surface area (Å²) in [5.74, 6) is -0.872. The van der Waals surface area contributed by atoms with Gasteiger partial charge in [-0.25, -0.2) is 4.79 Å². The zero-order chi connectivity index (χ0) is 15.3. The molecule has 0 saturated heterocycles. The standard InChI is InChI=1S/C17H26N2O2/c1-19(2)17(10-4-3-5-11-17)13-18-12-14-6-8-15(9-7-14)16(20)21/h6-9,18H,3-5,10-13H2,1-2H3,(H,20,21). The van der Waals surface area contributed by atoms with Crippen LogP contribution in [0.2, 0.25) is 0 Å². The summed E-state index contributed by atoms with van der Waals surface area (Å²) in [4.78, 5) is 13.2. The summed E-state index contributed by atoms with van der Waals surface area (Å²) in [6, 6.07) is 7.11. The minimum Gasteiger partial charge on any atom is -0.478 e. The van der Waals surface area contributed by atoms with Crippen LogP contribution < -0.4 is 5.32 Å². The van der Waals surface area contributed by atoms with Crippen LogP contribution in [0.25, 0.3) is 0 Å². The van der Waals surface area contributed by atoms with E-state index in [2.05, 4.69) is 24.3 Å². The van der Waals surface area contributed by atoms with E-state index in [1.54, 1.807) is 12.1 Å². The number of hydrogen-bond donors (Lipinski definition) is 2. The average Bonchev–Trinajstić information content (AvgIpc) is 2.48. The van der Waals surface area contributed by atoms with E-state index in [0.717, 1.165) is 18.7 Å². The first kappa shape index (κ1) is 16.0. The zero-order valence-electron chi connectivity index (χ0n) is 13.1. The van der Waals surface area contributed by atoms with E-state index >= 15 is 0 Å². The first-order valence-electron chi connectivity index (χ1n) is 7.74. The van der Waals surface area contributed by atoms with E-state index < -0.39 is 5.97 Å². The van der Waals surface area contributed by atoms with E-state index in [4.69, 9.17) is 5.11 Å². The third kappa shape index (κ3) is 4.05. The van der Waals surface area contributed by atoms with Crippen molar-refractivity contribution in [2.75, 3.05) is 20.6 Å². The number of carbonyl (C=O) groups is 1. The van der Waals surface area contributed by atoms with Gasteiger partial charge in [-0.2, -0.15) is 0 Å². The fourth-order valence-corrected chi connectivity index (χ4v) is 3.20. The lowest BCUT2D eigenvalue weighted by Gasteiger charge is -2.43. The molecule has 0 radical (unpaired) electrons. The van der Waals surface area contributed by atoms with Gasteiger partial charge in [-0.1, -0.05) is 31.4 Å². The molecule has 0 atom stereocenters. The van der Waals surface area contributed by atoms with E-state index in [1.165, 1.54) is 32.1 Å². The fraction of sp³-hybridized carbons (Fsp3) is 0.588. The maximum absolute atomic E-state index is 10.8. The van der Waals surface area contributed by atoms with Gasteiger partial charge in [0.15, 0.2) is 0 Å². The summed E-state index contributed by atoms with van der Waals surface area (Å²) in [5, 5.41) is 12.4. The van der Waals surface area contributed by atoms with E-state index in [1.807, 2.05) is 12.1 Å². The number of nitrogens with one attached hydrogen (secondary N) is 1. The van der Waals surface area contributed by atoms with E-state index in [-0.39, 0.29) is 5.54 Å². The lowest BCUT2D eigenvalue weighted by Crippen LogP contribution is -2.52. The predicted octanol–water partition coefficient (Wildman–Crippen LogP) is 2.74. The molecule has 1 aliphatic carbocycles. The Kier molecular flexibility index (Phi) is 5.37. The number of likely N-dealkylation sites (N-methyl/N-ethyl adjacent to an activating group) is 1. The van der Waals surface area contributed by atoms with Crippen LogP contribution in [-0.4, -0.2) is 42.2 Å². The highest BCUT2D eigenvalue weighted by molar-refractivity contribution is 5.87. The van der Waals surface area contributed by atoms with Crippen molar-refractivity contribution < 1.29 is 9.90 Å². The van der Waals surface area contributed by atoms with Crippen LogP contribution in [-0.2, 0) is 6.54 Å². The summed E-state index contributed by atoms with van der Waals surface area (Å²) in [6.07, 6.45) is 6.49. The molecule has 0 unspecified atom stereocenters. The first-order valence-corrected chi connectivity index (χ1v) is 7.74. The number of carboxylic acids is 1.